The number of methoxy groups -OCH3 is 2. The lowest BCUT2D eigenvalue weighted by Gasteiger charge is -2.40. The zero-order chi connectivity index (χ0) is 20.4. The summed E-state index contributed by atoms with van der Waals surface area (Å²) < 4.78 is 15.9. The lowest BCUT2D eigenvalue weighted by molar-refractivity contribution is 0.153. The van der Waals surface area contributed by atoms with Crippen LogP contribution in [-0.4, -0.2) is 48.4 Å². The second-order valence-electron chi connectivity index (χ2n) is 8.05. The number of benzene rings is 1. The van der Waals surface area contributed by atoms with Crippen molar-refractivity contribution >= 4 is 11.7 Å². The van der Waals surface area contributed by atoms with Gasteiger partial charge in [0.1, 0.15) is 11.5 Å². The number of rotatable bonds is 6. The molecule has 0 atom stereocenters. The van der Waals surface area contributed by atoms with Gasteiger partial charge in [-0.1, -0.05) is 18.0 Å². The number of nitrogens with zero attached hydrogens (tertiary/aromatic N) is 3. The number of aromatic nitrogens is 2. The molecular weight excluding hydrogens is 372 g/mol. The molecule has 2 fully saturated rings. The molecule has 1 aromatic heterocycles. The van der Waals surface area contributed by atoms with Crippen molar-refractivity contribution in [3.63, 3.8) is 0 Å². The Hall–Kier alpha value is -2.77. The van der Waals surface area contributed by atoms with Gasteiger partial charge in [0, 0.05) is 31.5 Å². The number of ether oxygens (including phenoxy) is 2. The summed E-state index contributed by atoms with van der Waals surface area (Å²) in [4.78, 5) is 19.3. The van der Waals surface area contributed by atoms with E-state index in [1.54, 1.807) is 32.4 Å². The summed E-state index contributed by atoms with van der Waals surface area (Å²) in [6.07, 6.45) is 5.30. The zero-order valence-electron chi connectivity index (χ0n) is 17.2. The molecule has 29 heavy (non-hydrogen) atoms. The van der Waals surface area contributed by atoms with Crippen molar-refractivity contribution in [3.05, 3.63) is 29.9 Å². The molecule has 1 aliphatic heterocycles. The zero-order valence-corrected chi connectivity index (χ0v) is 17.2. The minimum Gasteiger partial charge on any atom is -0.497 e. The summed E-state index contributed by atoms with van der Waals surface area (Å²) in [5, 5.41) is 7.20. The fourth-order valence-electron chi connectivity index (χ4n) is 4.15. The Morgan fingerprint density at radius 1 is 1.28 bits per heavy atom. The Morgan fingerprint density at radius 2 is 2.03 bits per heavy atom. The van der Waals surface area contributed by atoms with Gasteiger partial charge in [0.2, 0.25) is 5.89 Å². The van der Waals surface area contributed by atoms with E-state index >= 15 is 0 Å². The Kier molecular flexibility index (Phi) is 5.34. The van der Waals surface area contributed by atoms with E-state index in [0.29, 0.717) is 36.2 Å². The fourth-order valence-corrected chi connectivity index (χ4v) is 4.15. The van der Waals surface area contributed by atoms with E-state index in [-0.39, 0.29) is 11.4 Å². The third-order valence-electron chi connectivity index (χ3n) is 6.03. The monoisotopic (exact) mass is 400 g/mol. The van der Waals surface area contributed by atoms with Crippen LogP contribution in [0.5, 0.6) is 11.5 Å². The van der Waals surface area contributed by atoms with Crippen LogP contribution >= 0.6 is 0 Å². The highest BCUT2D eigenvalue weighted by Crippen LogP contribution is 2.46. The normalized spacial score (nSPS) is 18.4. The first-order valence-electron chi connectivity index (χ1n) is 10.1. The summed E-state index contributed by atoms with van der Waals surface area (Å²) in [5.41, 5.74) is 0.504. The third-order valence-corrected chi connectivity index (χ3v) is 6.03. The van der Waals surface area contributed by atoms with Crippen LogP contribution in [0.15, 0.2) is 22.7 Å². The number of piperidine rings is 1. The van der Waals surface area contributed by atoms with E-state index in [9.17, 15) is 4.79 Å². The van der Waals surface area contributed by atoms with Crippen LogP contribution in [0.3, 0.4) is 0 Å². The van der Waals surface area contributed by atoms with Gasteiger partial charge in [-0.25, -0.2) is 4.79 Å². The number of amides is 2. The molecule has 2 amide bonds. The molecule has 1 aromatic carbocycles. The molecule has 2 heterocycles. The molecule has 8 nitrogen and oxygen atoms in total. The van der Waals surface area contributed by atoms with E-state index in [4.69, 9.17) is 14.0 Å². The predicted molar refractivity (Wildman–Crippen MR) is 107 cm³/mol. The van der Waals surface area contributed by atoms with Gasteiger partial charge in [-0.2, -0.15) is 4.98 Å². The molecule has 1 saturated carbocycles. The number of hydrogen-bond donors (Lipinski definition) is 1. The summed E-state index contributed by atoms with van der Waals surface area (Å²) in [5.74, 6) is 3.41. The largest absolute Gasteiger partial charge is 0.497 e. The van der Waals surface area contributed by atoms with Gasteiger partial charge in [0.15, 0.2) is 5.82 Å². The van der Waals surface area contributed by atoms with E-state index in [0.717, 1.165) is 31.0 Å². The molecule has 1 aliphatic carbocycles. The second-order valence-corrected chi connectivity index (χ2v) is 8.05. The molecule has 0 unspecified atom stereocenters. The highest BCUT2D eigenvalue weighted by molar-refractivity contribution is 5.91. The van der Waals surface area contributed by atoms with Crippen LogP contribution in [0.25, 0.3) is 0 Å². The van der Waals surface area contributed by atoms with Crippen molar-refractivity contribution in [3.8, 4) is 11.5 Å². The minimum atomic E-state index is -0.138. The maximum atomic E-state index is 12.9. The van der Waals surface area contributed by atoms with Gasteiger partial charge < -0.3 is 24.2 Å². The Bertz CT molecular complexity index is 869. The molecule has 2 aliphatic rings. The molecule has 156 valence electrons. The van der Waals surface area contributed by atoms with Gasteiger partial charge in [0.05, 0.1) is 19.9 Å². The van der Waals surface area contributed by atoms with Crippen LogP contribution in [0, 0.1) is 12.8 Å². The standard InChI is InChI=1S/C21H28N4O4/c1-14-22-19(24-29-14)21(13-15-4-5-15)8-10-25(11-9-21)20(26)23-17-12-16(27-2)6-7-18(17)28-3/h6-7,12,15H,4-5,8-11,13H2,1-3H3,(H,23,26). The molecule has 0 spiro atoms. The highest BCUT2D eigenvalue weighted by atomic mass is 16.5. The molecule has 4 rings (SSSR count). The molecule has 0 radical (unpaired) electrons. The van der Waals surface area contributed by atoms with Crippen molar-refractivity contribution in [2.24, 2.45) is 5.92 Å². The van der Waals surface area contributed by atoms with Crippen LogP contribution in [0.2, 0.25) is 0 Å². The number of carbonyl (C=O) groups excluding carboxylic acids is 1. The average Bonchev–Trinajstić information content (AvgIpc) is 3.44. The first-order valence-corrected chi connectivity index (χ1v) is 10.1. The molecule has 1 N–H and O–H groups in total. The smallest absolute Gasteiger partial charge is 0.321 e. The number of urea groups is 1. The van der Waals surface area contributed by atoms with Crippen molar-refractivity contribution < 1.29 is 18.8 Å². The van der Waals surface area contributed by atoms with Gasteiger partial charge >= 0.3 is 6.03 Å². The number of anilines is 1. The van der Waals surface area contributed by atoms with Gasteiger partial charge in [-0.15, -0.1) is 0 Å². The van der Waals surface area contributed by atoms with E-state index in [1.807, 2.05) is 11.8 Å². The number of nitrogens with one attached hydrogen (secondary N) is 1. The highest BCUT2D eigenvalue weighted by Gasteiger charge is 2.44. The summed E-state index contributed by atoms with van der Waals surface area (Å²) in [7, 11) is 3.18. The van der Waals surface area contributed by atoms with Crippen molar-refractivity contribution in [1.82, 2.24) is 15.0 Å². The van der Waals surface area contributed by atoms with Crippen LogP contribution in [0.4, 0.5) is 10.5 Å². The van der Waals surface area contributed by atoms with E-state index < -0.39 is 0 Å². The van der Waals surface area contributed by atoms with Crippen LogP contribution in [0.1, 0.15) is 43.8 Å². The first kappa shape index (κ1) is 19.5. The maximum Gasteiger partial charge on any atom is 0.321 e. The van der Waals surface area contributed by atoms with Crippen molar-refractivity contribution in [1.29, 1.82) is 0 Å². The molecule has 8 heteroatoms. The molecular formula is C21H28N4O4. The fraction of sp³-hybridized carbons (Fsp3) is 0.571. The lowest BCUT2D eigenvalue weighted by atomic mass is 9.73. The topological polar surface area (TPSA) is 89.7 Å². The third kappa shape index (κ3) is 4.16. The van der Waals surface area contributed by atoms with Crippen molar-refractivity contribution in [2.45, 2.75) is 44.4 Å². The van der Waals surface area contributed by atoms with Gasteiger partial charge in [0.25, 0.3) is 0 Å². The van der Waals surface area contributed by atoms with Crippen molar-refractivity contribution in [2.75, 3.05) is 32.6 Å². The van der Waals surface area contributed by atoms with E-state index in [2.05, 4.69) is 15.5 Å². The number of hydrogen-bond acceptors (Lipinski definition) is 6. The second kappa shape index (κ2) is 7.93. The number of carbonyl (C=O) groups is 1. The lowest BCUT2D eigenvalue weighted by Crippen LogP contribution is -2.47. The Morgan fingerprint density at radius 3 is 2.62 bits per heavy atom. The first-order chi connectivity index (χ1) is 14.0. The van der Waals surface area contributed by atoms with Crippen LogP contribution < -0.4 is 14.8 Å². The average molecular weight is 400 g/mol. The van der Waals surface area contributed by atoms with Gasteiger partial charge in [-0.3, -0.25) is 0 Å². The summed E-state index contributed by atoms with van der Waals surface area (Å²) in [6, 6.07) is 5.21. The summed E-state index contributed by atoms with van der Waals surface area (Å²) >= 11 is 0. The Labute approximate surface area is 170 Å². The minimum absolute atomic E-state index is 0.0939. The summed E-state index contributed by atoms with van der Waals surface area (Å²) in [6.45, 7) is 3.13. The SMILES string of the molecule is COc1ccc(OC)c(NC(=O)N2CCC(CC3CC3)(c3noc(C)n3)CC2)c1. The number of likely N-dealkylation sites (tertiary alicyclic amines) is 1. The van der Waals surface area contributed by atoms with E-state index in [1.165, 1.54) is 12.8 Å². The molecule has 1 saturated heterocycles. The maximum absolute atomic E-state index is 12.9. The predicted octanol–water partition coefficient (Wildman–Crippen LogP) is 3.76. The van der Waals surface area contributed by atoms with Crippen LogP contribution in [-0.2, 0) is 5.41 Å². The number of aryl methyl sites for hydroxylation is 1. The quantitative estimate of drug-likeness (QED) is 0.794. The molecule has 2 aromatic rings. The Balaban J connectivity index is 1.45. The van der Waals surface area contributed by atoms with Gasteiger partial charge in [-0.05, 0) is 37.3 Å². The molecule has 0 bridgehead atoms.